The average molecular weight is 423 g/mol. The fourth-order valence-corrected chi connectivity index (χ4v) is 2.53. The van der Waals surface area contributed by atoms with E-state index in [1.807, 2.05) is 0 Å². The molecule has 0 aromatic heterocycles. The van der Waals surface area contributed by atoms with Gasteiger partial charge in [-0.1, -0.05) is 11.6 Å². The zero-order chi connectivity index (χ0) is 21.8. The summed E-state index contributed by atoms with van der Waals surface area (Å²) in [5, 5.41) is 11.5. The van der Waals surface area contributed by atoms with Gasteiger partial charge < -0.3 is 11.1 Å². The highest BCUT2D eigenvalue weighted by molar-refractivity contribution is 6.30. The number of amides is 2. The lowest BCUT2D eigenvalue weighted by Crippen LogP contribution is -2.36. The van der Waals surface area contributed by atoms with E-state index in [0.717, 1.165) is 19.2 Å². The van der Waals surface area contributed by atoms with Gasteiger partial charge in [0.05, 0.1) is 16.9 Å². The van der Waals surface area contributed by atoms with Crippen LogP contribution in [-0.2, 0) is 15.8 Å². The Morgan fingerprint density at radius 2 is 1.83 bits per heavy atom. The molecule has 0 heterocycles. The van der Waals surface area contributed by atoms with Crippen molar-refractivity contribution in [2.24, 2.45) is 0 Å². The van der Waals surface area contributed by atoms with Crippen LogP contribution in [0.4, 0.5) is 30.2 Å². The number of nitrogen functional groups attached to an aromatic ring is 1. The third-order valence-corrected chi connectivity index (χ3v) is 3.91. The Hall–Kier alpha value is -3.51. The standard InChI is InChI=1S/C19H14ClF3N4O2/c1-11(28)27(15-5-3-14(25)4-6-15)18(29)12(9-24)10-26-17-7-2-13(20)8-16(17)19(21,22)23/h2-8,10,26H,25H2,1H3/b12-10-. The lowest BCUT2D eigenvalue weighted by atomic mass is 10.1. The number of alkyl halides is 3. The van der Waals surface area contributed by atoms with Gasteiger partial charge in [0, 0.05) is 23.8 Å². The highest BCUT2D eigenvalue weighted by Crippen LogP contribution is 2.36. The van der Waals surface area contributed by atoms with Gasteiger partial charge in [-0.15, -0.1) is 0 Å². The molecular weight excluding hydrogens is 409 g/mol. The number of nitrogens with one attached hydrogen (secondary N) is 1. The van der Waals surface area contributed by atoms with Crippen LogP contribution in [0.25, 0.3) is 0 Å². The van der Waals surface area contributed by atoms with Crippen LogP contribution in [0.2, 0.25) is 5.02 Å². The second-order valence-corrected chi connectivity index (χ2v) is 6.19. The second-order valence-electron chi connectivity index (χ2n) is 5.75. The Morgan fingerprint density at radius 3 is 2.34 bits per heavy atom. The number of hydrogen-bond donors (Lipinski definition) is 2. The number of halogens is 4. The van der Waals surface area contributed by atoms with Gasteiger partial charge in [-0.2, -0.15) is 18.4 Å². The lowest BCUT2D eigenvalue weighted by Gasteiger charge is -2.19. The van der Waals surface area contributed by atoms with Crippen molar-refractivity contribution in [3.8, 4) is 6.07 Å². The van der Waals surface area contributed by atoms with E-state index < -0.39 is 34.8 Å². The summed E-state index contributed by atoms with van der Waals surface area (Å²) >= 11 is 5.62. The number of nitriles is 1. The molecule has 2 rings (SSSR count). The van der Waals surface area contributed by atoms with E-state index in [0.29, 0.717) is 16.7 Å². The molecule has 0 atom stereocenters. The molecule has 0 spiro atoms. The van der Waals surface area contributed by atoms with Crippen molar-refractivity contribution in [1.29, 1.82) is 5.26 Å². The van der Waals surface area contributed by atoms with Crippen molar-refractivity contribution in [3.05, 3.63) is 64.8 Å². The van der Waals surface area contributed by atoms with Crippen LogP contribution >= 0.6 is 11.6 Å². The predicted octanol–water partition coefficient (Wildman–Crippen LogP) is 4.34. The van der Waals surface area contributed by atoms with Crippen molar-refractivity contribution in [3.63, 3.8) is 0 Å². The van der Waals surface area contributed by atoms with E-state index in [1.54, 1.807) is 6.07 Å². The number of carbonyl (C=O) groups excluding carboxylic acids is 2. The average Bonchev–Trinajstić information content (AvgIpc) is 2.64. The van der Waals surface area contributed by atoms with E-state index in [4.69, 9.17) is 17.3 Å². The molecule has 0 radical (unpaired) electrons. The number of imide groups is 1. The minimum Gasteiger partial charge on any atom is -0.399 e. The first-order chi connectivity index (χ1) is 13.5. The number of nitrogens with zero attached hydrogens (tertiary/aromatic N) is 2. The topological polar surface area (TPSA) is 99.2 Å². The molecule has 2 amide bonds. The van der Waals surface area contributed by atoms with Gasteiger partial charge >= 0.3 is 6.18 Å². The molecule has 0 unspecified atom stereocenters. The summed E-state index contributed by atoms with van der Waals surface area (Å²) < 4.78 is 39.5. The number of anilines is 3. The zero-order valence-corrected chi connectivity index (χ0v) is 15.7. The Morgan fingerprint density at radius 1 is 1.21 bits per heavy atom. The first-order valence-electron chi connectivity index (χ1n) is 7.98. The molecule has 0 fully saturated rings. The van der Waals surface area contributed by atoms with Crippen LogP contribution in [0.15, 0.2) is 54.2 Å². The molecule has 2 aromatic carbocycles. The molecule has 150 valence electrons. The summed E-state index contributed by atoms with van der Waals surface area (Å²) in [5.74, 6) is -1.71. The number of benzene rings is 2. The normalized spacial score (nSPS) is 11.5. The third kappa shape index (κ3) is 5.27. The summed E-state index contributed by atoms with van der Waals surface area (Å²) in [6.45, 7) is 1.11. The fourth-order valence-electron chi connectivity index (χ4n) is 2.35. The van der Waals surface area contributed by atoms with E-state index in [-0.39, 0.29) is 10.7 Å². The molecular formula is C19H14ClF3N4O2. The Labute approximate surface area is 169 Å². The SMILES string of the molecule is CC(=O)N(C(=O)/C(C#N)=C\Nc1ccc(Cl)cc1C(F)(F)F)c1ccc(N)cc1. The van der Waals surface area contributed by atoms with E-state index in [2.05, 4.69) is 5.32 Å². The van der Waals surface area contributed by atoms with Gasteiger partial charge in [-0.3, -0.25) is 9.59 Å². The number of carbonyl (C=O) groups is 2. The second kappa shape index (κ2) is 8.67. The molecule has 6 nitrogen and oxygen atoms in total. The Bertz CT molecular complexity index is 1010. The molecule has 2 aromatic rings. The quantitative estimate of drug-likeness (QED) is 0.434. The van der Waals surface area contributed by atoms with Gasteiger partial charge in [0.1, 0.15) is 11.6 Å². The molecule has 0 bridgehead atoms. The summed E-state index contributed by atoms with van der Waals surface area (Å²) in [7, 11) is 0. The van der Waals surface area contributed by atoms with Gasteiger partial charge in [0.15, 0.2) is 0 Å². The maximum Gasteiger partial charge on any atom is 0.418 e. The molecule has 29 heavy (non-hydrogen) atoms. The van der Waals surface area contributed by atoms with Crippen molar-refractivity contribution in [2.45, 2.75) is 13.1 Å². The van der Waals surface area contributed by atoms with E-state index in [9.17, 15) is 28.0 Å². The van der Waals surface area contributed by atoms with Crippen LogP contribution in [0.5, 0.6) is 0 Å². The minimum absolute atomic E-state index is 0.130. The minimum atomic E-state index is -4.72. The van der Waals surface area contributed by atoms with Gasteiger partial charge in [0.2, 0.25) is 5.91 Å². The number of nitrogens with two attached hydrogens (primary N) is 1. The van der Waals surface area contributed by atoms with Gasteiger partial charge in [-0.05, 0) is 42.5 Å². The fraction of sp³-hybridized carbons (Fsp3) is 0.105. The van der Waals surface area contributed by atoms with Crippen LogP contribution in [0.1, 0.15) is 12.5 Å². The van der Waals surface area contributed by atoms with Gasteiger partial charge in [-0.25, -0.2) is 4.90 Å². The maximum atomic E-state index is 13.2. The van der Waals surface area contributed by atoms with Crippen molar-refractivity contribution >= 4 is 40.5 Å². The Kier molecular flexibility index (Phi) is 6.51. The van der Waals surface area contributed by atoms with Gasteiger partial charge in [0.25, 0.3) is 5.91 Å². The molecule has 10 heteroatoms. The van der Waals surface area contributed by atoms with Crippen LogP contribution in [-0.4, -0.2) is 11.8 Å². The highest BCUT2D eigenvalue weighted by atomic mass is 35.5. The van der Waals surface area contributed by atoms with Crippen LogP contribution < -0.4 is 16.0 Å². The van der Waals surface area contributed by atoms with Crippen molar-refractivity contribution in [2.75, 3.05) is 16.0 Å². The first-order valence-corrected chi connectivity index (χ1v) is 8.36. The summed E-state index contributed by atoms with van der Waals surface area (Å²) in [4.78, 5) is 25.3. The smallest absolute Gasteiger partial charge is 0.399 e. The van der Waals surface area contributed by atoms with Crippen LogP contribution in [0, 0.1) is 11.3 Å². The summed E-state index contributed by atoms with van der Waals surface area (Å²) in [6.07, 6.45) is -3.92. The predicted molar refractivity (Wildman–Crippen MR) is 103 cm³/mol. The molecule has 0 saturated heterocycles. The monoisotopic (exact) mass is 422 g/mol. The third-order valence-electron chi connectivity index (χ3n) is 3.68. The summed E-state index contributed by atoms with van der Waals surface area (Å²) in [5.41, 5.74) is 4.05. The lowest BCUT2D eigenvalue weighted by molar-refractivity contribution is -0.137. The van der Waals surface area contributed by atoms with Crippen molar-refractivity contribution < 1.29 is 22.8 Å². The maximum absolute atomic E-state index is 13.2. The highest BCUT2D eigenvalue weighted by Gasteiger charge is 2.34. The van der Waals surface area contributed by atoms with Crippen LogP contribution in [0.3, 0.4) is 0 Å². The zero-order valence-electron chi connectivity index (χ0n) is 14.9. The number of rotatable bonds is 4. The number of hydrogen-bond acceptors (Lipinski definition) is 5. The molecule has 3 N–H and O–H groups in total. The Balaban J connectivity index is 2.39. The van der Waals surface area contributed by atoms with Crippen molar-refractivity contribution in [1.82, 2.24) is 0 Å². The van der Waals surface area contributed by atoms with E-state index >= 15 is 0 Å². The molecule has 0 aliphatic carbocycles. The first kappa shape index (κ1) is 21.8. The van der Waals surface area contributed by atoms with E-state index in [1.165, 1.54) is 30.3 Å². The molecule has 0 aliphatic heterocycles. The molecule has 0 saturated carbocycles. The molecule has 0 aliphatic rings. The summed E-state index contributed by atoms with van der Waals surface area (Å²) in [6, 6.07) is 10.3. The largest absolute Gasteiger partial charge is 0.418 e.